The van der Waals surface area contributed by atoms with E-state index in [1.54, 1.807) is 7.11 Å². The highest BCUT2D eigenvalue weighted by molar-refractivity contribution is 6.11. The number of rotatable bonds is 4. The van der Waals surface area contributed by atoms with Gasteiger partial charge in [-0.15, -0.1) is 0 Å². The lowest BCUT2D eigenvalue weighted by atomic mass is 9.96. The number of β-amino-alcohol motifs (C(OH)–C–C–N with tert-alkyl or cyclic N) is 1. The third-order valence-electron chi connectivity index (χ3n) is 6.97. The average molecular weight is 482 g/mol. The molecule has 0 radical (unpaired) electrons. The zero-order valence-corrected chi connectivity index (χ0v) is 20.8. The molecule has 1 unspecified atom stereocenters. The van der Waals surface area contributed by atoms with E-state index in [1.807, 2.05) is 31.3 Å². The number of allylic oxidation sites excluding steroid dienone is 2. The number of amidine groups is 1. The zero-order chi connectivity index (χ0) is 24.9. The van der Waals surface area contributed by atoms with Crippen LogP contribution in [-0.4, -0.2) is 46.6 Å². The van der Waals surface area contributed by atoms with Gasteiger partial charge in [0.2, 0.25) is 0 Å². The maximum Gasteiger partial charge on any atom is 0.155 e. The summed E-state index contributed by atoms with van der Waals surface area (Å²) < 4.78 is 5.71. The van der Waals surface area contributed by atoms with E-state index in [0.717, 1.165) is 51.9 Å². The van der Waals surface area contributed by atoms with Crippen LogP contribution in [0.1, 0.15) is 25.8 Å². The smallest absolute Gasteiger partial charge is 0.155 e. The minimum absolute atomic E-state index is 0.449. The Morgan fingerprint density at radius 3 is 2.83 bits per heavy atom. The molecule has 2 aromatic carbocycles. The third-order valence-corrected chi connectivity index (χ3v) is 6.97. The number of aromatic amines is 1. The lowest BCUT2D eigenvalue weighted by Gasteiger charge is -2.46. The number of H-pyrrole nitrogens is 1. The minimum Gasteiger partial charge on any atom is -0.495 e. The summed E-state index contributed by atoms with van der Waals surface area (Å²) >= 11 is 0. The van der Waals surface area contributed by atoms with Crippen LogP contribution in [0.3, 0.4) is 0 Å². The number of aromatic nitrogens is 1. The molecule has 3 N–H and O–H groups in total. The summed E-state index contributed by atoms with van der Waals surface area (Å²) in [6.07, 6.45) is 11.6. The molecule has 0 amide bonds. The molecule has 0 spiro atoms. The Morgan fingerprint density at radius 2 is 2.03 bits per heavy atom. The van der Waals surface area contributed by atoms with E-state index in [-0.39, 0.29) is 0 Å². The van der Waals surface area contributed by atoms with Gasteiger partial charge in [-0.3, -0.25) is 0 Å². The Morgan fingerprint density at radius 1 is 1.17 bits per heavy atom. The van der Waals surface area contributed by atoms with Gasteiger partial charge in [0, 0.05) is 54.5 Å². The first-order valence-corrected chi connectivity index (χ1v) is 12.4. The number of hydrogen-bond acceptors (Lipinski definition) is 6. The van der Waals surface area contributed by atoms with E-state index in [1.165, 1.54) is 5.39 Å². The molecule has 0 aliphatic carbocycles. The van der Waals surface area contributed by atoms with Crippen LogP contribution >= 0.6 is 0 Å². The highest BCUT2D eigenvalue weighted by Crippen LogP contribution is 2.37. The van der Waals surface area contributed by atoms with Gasteiger partial charge in [0.15, 0.2) is 5.84 Å². The van der Waals surface area contributed by atoms with Crippen LogP contribution in [0.2, 0.25) is 0 Å². The molecule has 7 heteroatoms. The molecule has 6 rings (SSSR count). The fourth-order valence-electron chi connectivity index (χ4n) is 5.01. The van der Waals surface area contributed by atoms with Crippen LogP contribution < -0.4 is 15.0 Å². The van der Waals surface area contributed by atoms with E-state index in [4.69, 9.17) is 9.73 Å². The second-order valence-electron chi connectivity index (χ2n) is 10.2. The van der Waals surface area contributed by atoms with Crippen molar-refractivity contribution in [1.82, 2.24) is 9.88 Å². The van der Waals surface area contributed by atoms with E-state index < -0.39 is 5.60 Å². The van der Waals surface area contributed by atoms with Crippen molar-refractivity contribution in [2.45, 2.75) is 25.9 Å². The third kappa shape index (κ3) is 4.16. The molecule has 4 heterocycles. The van der Waals surface area contributed by atoms with Gasteiger partial charge in [-0.2, -0.15) is 0 Å². The largest absolute Gasteiger partial charge is 0.495 e. The normalized spacial score (nSPS) is 20.7. The highest BCUT2D eigenvalue weighted by atomic mass is 16.5. The maximum atomic E-state index is 10.2. The van der Waals surface area contributed by atoms with Crippen LogP contribution in [0, 0.1) is 5.92 Å². The molecular weight excluding hydrogens is 450 g/mol. The number of fused-ring (bicyclic) bond motifs is 2. The predicted molar refractivity (Wildman–Crippen MR) is 146 cm³/mol. The number of benzene rings is 2. The topological polar surface area (TPSA) is 76.1 Å². The summed E-state index contributed by atoms with van der Waals surface area (Å²) in [6, 6.07) is 14.5. The number of methoxy groups -OCH3 is 1. The number of aliphatic imine (C=N–C) groups is 1. The van der Waals surface area contributed by atoms with Gasteiger partial charge in [-0.25, -0.2) is 4.99 Å². The predicted octanol–water partition coefficient (Wildman–Crippen LogP) is 5.31. The zero-order valence-electron chi connectivity index (χ0n) is 20.8. The molecule has 184 valence electrons. The Labute approximate surface area is 211 Å². The van der Waals surface area contributed by atoms with Gasteiger partial charge in [0.1, 0.15) is 5.75 Å². The summed E-state index contributed by atoms with van der Waals surface area (Å²) in [5, 5.41) is 14.9. The number of hydrogen-bond donors (Lipinski definition) is 3. The first-order chi connectivity index (χ1) is 17.4. The molecule has 7 nitrogen and oxygen atoms in total. The van der Waals surface area contributed by atoms with Gasteiger partial charge in [-0.05, 0) is 48.9 Å². The van der Waals surface area contributed by atoms with Crippen LogP contribution in [0.15, 0.2) is 83.9 Å². The standard InChI is InChI=1S/C29H31N5O2/c1-19-4-8-26-28(31-22-7-9-25(27(15-22)36-3)34-17-29(2,35)18-34)32-24(16-33(26)13-11-19)21-6-5-20-10-12-30-23(20)14-21/h5-16,19,30,35H,4,17-18H2,1-3H3,(H,31,32). The molecule has 3 aromatic rings. The summed E-state index contributed by atoms with van der Waals surface area (Å²) in [5.74, 6) is 2.00. The Bertz CT molecular complexity index is 1440. The molecule has 1 atom stereocenters. The van der Waals surface area contributed by atoms with E-state index in [0.29, 0.717) is 19.0 Å². The average Bonchev–Trinajstić information content (AvgIpc) is 3.24. The minimum atomic E-state index is -0.648. The van der Waals surface area contributed by atoms with Crippen LogP contribution in [0.25, 0.3) is 16.6 Å². The van der Waals surface area contributed by atoms with Crippen molar-refractivity contribution < 1.29 is 9.84 Å². The number of nitrogens with zero attached hydrogens (tertiary/aromatic N) is 3. The van der Waals surface area contributed by atoms with Crippen molar-refractivity contribution in [2.75, 3.05) is 30.4 Å². The fourth-order valence-corrected chi connectivity index (χ4v) is 5.01. The monoisotopic (exact) mass is 481 g/mol. The summed E-state index contributed by atoms with van der Waals surface area (Å²) in [5.41, 5.74) is 5.28. The quantitative estimate of drug-likeness (QED) is 0.471. The van der Waals surface area contributed by atoms with Gasteiger partial charge in [0.05, 0.1) is 29.8 Å². The molecule has 3 aliphatic rings. The first kappa shape index (κ1) is 22.5. The van der Waals surface area contributed by atoms with Gasteiger partial charge in [0.25, 0.3) is 0 Å². The molecule has 1 fully saturated rings. The van der Waals surface area contributed by atoms with Gasteiger partial charge >= 0.3 is 0 Å². The molecule has 0 saturated carbocycles. The van der Waals surface area contributed by atoms with Crippen molar-refractivity contribution in [1.29, 1.82) is 0 Å². The van der Waals surface area contributed by atoms with Crippen molar-refractivity contribution in [3.05, 3.63) is 84.5 Å². The Kier molecular flexibility index (Phi) is 5.38. The molecule has 3 aliphatic heterocycles. The van der Waals surface area contributed by atoms with Crippen molar-refractivity contribution in [2.24, 2.45) is 10.9 Å². The summed E-state index contributed by atoms with van der Waals surface area (Å²) in [4.78, 5) is 12.7. The SMILES string of the molecule is COc1cc(NC2=NC(c3ccc4cc[nH]c4c3)=CN3C=CC(C)CC=C23)ccc1N1CC(C)(O)C1. The number of anilines is 2. The van der Waals surface area contributed by atoms with Crippen molar-refractivity contribution >= 4 is 33.8 Å². The fraction of sp³-hybridized carbons (Fsp3) is 0.276. The second kappa shape index (κ2) is 8.60. The van der Waals surface area contributed by atoms with Gasteiger partial charge < -0.3 is 29.9 Å². The van der Waals surface area contributed by atoms with Crippen molar-refractivity contribution in [3.63, 3.8) is 0 Å². The molecular formula is C29H31N5O2. The van der Waals surface area contributed by atoms with E-state index >= 15 is 0 Å². The molecule has 0 bridgehead atoms. The molecule has 1 aromatic heterocycles. The van der Waals surface area contributed by atoms with Crippen molar-refractivity contribution in [3.8, 4) is 5.75 Å². The second-order valence-corrected chi connectivity index (χ2v) is 10.2. The van der Waals surface area contributed by atoms with Gasteiger partial charge in [-0.1, -0.05) is 31.2 Å². The lowest BCUT2D eigenvalue weighted by Crippen LogP contribution is -2.60. The number of ether oxygens (including phenoxy) is 1. The van der Waals surface area contributed by atoms with Crippen LogP contribution in [0.4, 0.5) is 11.4 Å². The maximum absolute atomic E-state index is 10.2. The lowest BCUT2D eigenvalue weighted by molar-refractivity contribution is 0.0308. The Balaban J connectivity index is 1.35. The van der Waals surface area contributed by atoms with E-state index in [9.17, 15) is 5.11 Å². The Hall–Kier alpha value is -3.97. The van der Waals surface area contributed by atoms with Crippen LogP contribution in [0.5, 0.6) is 5.75 Å². The summed E-state index contributed by atoms with van der Waals surface area (Å²) in [6.45, 7) is 5.26. The number of nitrogens with one attached hydrogen (secondary N) is 2. The first-order valence-electron chi connectivity index (χ1n) is 12.4. The highest BCUT2D eigenvalue weighted by Gasteiger charge is 2.37. The number of aliphatic hydroxyl groups is 1. The van der Waals surface area contributed by atoms with E-state index in [2.05, 4.69) is 75.8 Å². The summed E-state index contributed by atoms with van der Waals surface area (Å²) in [7, 11) is 1.68. The molecule has 1 saturated heterocycles. The van der Waals surface area contributed by atoms with Crippen LogP contribution in [-0.2, 0) is 0 Å². The molecule has 36 heavy (non-hydrogen) atoms.